The van der Waals surface area contributed by atoms with Crippen LogP contribution in [0, 0.1) is 16.7 Å². The van der Waals surface area contributed by atoms with Gasteiger partial charge in [0.1, 0.15) is 0 Å². The van der Waals surface area contributed by atoms with Crippen LogP contribution in [0.5, 0.6) is 11.5 Å². The van der Waals surface area contributed by atoms with E-state index in [2.05, 4.69) is 13.8 Å². The molecule has 0 radical (unpaired) electrons. The standard InChI is InChI=1S/C22H31NO5/c1-21(2)13-22(20(26)28-4)14-23(12-18(21)22)19(25)8-6-5-7-15-9-10-17(27-3)16(24)11-15/h9-11,18,24H,5-8,12-14H2,1-4H3/t18-,22+/m1/s1. The molecule has 3 rings (SSSR count). The van der Waals surface area contributed by atoms with Gasteiger partial charge >= 0.3 is 5.97 Å². The summed E-state index contributed by atoms with van der Waals surface area (Å²) in [7, 11) is 2.96. The largest absolute Gasteiger partial charge is 0.504 e. The summed E-state index contributed by atoms with van der Waals surface area (Å²) in [6.07, 6.45) is 3.70. The fourth-order valence-corrected chi connectivity index (χ4v) is 5.22. The number of unbranched alkanes of at least 4 members (excludes halogenated alkanes) is 1. The Bertz CT molecular complexity index is 759. The smallest absolute Gasteiger partial charge is 0.314 e. The number of esters is 1. The van der Waals surface area contributed by atoms with E-state index in [1.807, 2.05) is 11.0 Å². The van der Waals surface area contributed by atoms with E-state index in [1.165, 1.54) is 14.2 Å². The van der Waals surface area contributed by atoms with Crippen LogP contribution in [0.1, 0.15) is 45.1 Å². The topological polar surface area (TPSA) is 76.1 Å². The Morgan fingerprint density at radius 2 is 2.00 bits per heavy atom. The summed E-state index contributed by atoms with van der Waals surface area (Å²) in [5.74, 6) is 0.723. The molecule has 1 saturated heterocycles. The zero-order valence-electron chi connectivity index (χ0n) is 17.3. The number of carbonyl (C=O) groups is 2. The van der Waals surface area contributed by atoms with Gasteiger partial charge in [-0.05, 0) is 54.7 Å². The summed E-state index contributed by atoms with van der Waals surface area (Å²) in [5.41, 5.74) is 0.588. The molecule has 0 unspecified atom stereocenters. The van der Waals surface area contributed by atoms with Crippen molar-refractivity contribution in [1.29, 1.82) is 0 Å². The maximum atomic E-state index is 12.7. The van der Waals surface area contributed by atoms with Crippen molar-refractivity contribution in [3.05, 3.63) is 23.8 Å². The fourth-order valence-electron chi connectivity index (χ4n) is 5.22. The number of carbonyl (C=O) groups excluding carboxylic acids is 2. The molecule has 6 heteroatoms. The summed E-state index contributed by atoms with van der Waals surface area (Å²) in [6.45, 7) is 5.46. The zero-order valence-corrected chi connectivity index (χ0v) is 17.3. The Morgan fingerprint density at radius 1 is 1.25 bits per heavy atom. The molecule has 0 aromatic heterocycles. The zero-order chi connectivity index (χ0) is 20.5. The van der Waals surface area contributed by atoms with Crippen molar-refractivity contribution in [3.63, 3.8) is 0 Å². The molecule has 2 aliphatic rings. The minimum Gasteiger partial charge on any atom is -0.504 e. The molecule has 1 aliphatic heterocycles. The maximum Gasteiger partial charge on any atom is 0.314 e. The van der Waals surface area contributed by atoms with Crippen LogP contribution in [0.15, 0.2) is 18.2 Å². The van der Waals surface area contributed by atoms with Crippen molar-refractivity contribution in [2.75, 3.05) is 27.3 Å². The molecule has 2 fully saturated rings. The second kappa shape index (κ2) is 7.64. The van der Waals surface area contributed by atoms with Crippen LogP contribution in [-0.2, 0) is 20.7 Å². The highest BCUT2D eigenvalue weighted by Gasteiger charge is 2.67. The third-order valence-corrected chi connectivity index (χ3v) is 6.55. The molecule has 1 aromatic carbocycles. The number of aromatic hydroxyl groups is 1. The van der Waals surface area contributed by atoms with Crippen molar-refractivity contribution in [3.8, 4) is 11.5 Å². The molecule has 6 nitrogen and oxygen atoms in total. The number of hydrogen-bond acceptors (Lipinski definition) is 5. The van der Waals surface area contributed by atoms with Crippen LogP contribution in [0.4, 0.5) is 0 Å². The van der Waals surface area contributed by atoms with E-state index in [0.717, 1.165) is 31.2 Å². The molecule has 154 valence electrons. The molecule has 1 saturated carbocycles. The number of phenols is 1. The number of hydrogen-bond donors (Lipinski definition) is 1. The first-order valence-corrected chi connectivity index (χ1v) is 9.95. The van der Waals surface area contributed by atoms with Crippen LogP contribution < -0.4 is 4.74 Å². The molecule has 0 spiro atoms. The molecular weight excluding hydrogens is 358 g/mol. The monoisotopic (exact) mass is 389 g/mol. The highest BCUT2D eigenvalue weighted by atomic mass is 16.5. The van der Waals surface area contributed by atoms with Gasteiger partial charge in [0.2, 0.25) is 5.91 Å². The number of amides is 1. The molecule has 2 atom stereocenters. The first-order valence-electron chi connectivity index (χ1n) is 9.95. The van der Waals surface area contributed by atoms with Crippen molar-refractivity contribution < 1.29 is 24.2 Å². The Morgan fingerprint density at radius 3 is 2.61 bits per heavy atom. The summed E-state index contributed by atoms with van der Waals surface area (Å²) >= 11 is 0. The van der Waals surface area contributed by atoms with Gasteiger partial charge in [-0.15, -0.1) is 0 Å². The van der Waals surface area contributed by atoms with Gasteiger partial charge in [0.05, 0.1) is 19.6 Å². The highest BCUT2D eigenvalue weighted by Crippen LogP contribution is 2.63. The van der Waals surface area contributed by atoms with Gasteiger partial charge in [-0.25, -0.2) is 0 Å². The van der Waals surface area contributed by atoms with Crippen LogP contribution in [0.2, 0.25) is 0 Å². The van der Waals surface area contributed by atoms with Crippen molar-refractivity contribution >= 4 is 11.9 Å². The van der Waals surface area contributed by atoms with Crippen LogP contribution in [0.3, 0.4) is 0 Å². The lowest BCUT2D eigenvalue weighted by Gasteiger charge is -2.54. The lowest BCUT2D eigenvalue weighted by Crippen LogP contribution is -2.57. The van der Waals surface area contributed by atoms with E-state index in [4.69, 9.17) is 9.47 Å². The van der Waals surface area contributed by atoms with Crippen LogP contribution in [-0.4, -0.2) is 49.2 Å². The third kappa shape index (κ3) is 3.56. The number of methoxy groups -OCH3 is 2. The Hall–Kier alpha value is -2.24. The number of benzene rings is 1. The molecular formula is C22H31NO5. The summed E-state index contributed by atoms with van der Waals surface area (Å²) in [4.78, 5) is 26.9. The third-order valence-electron chi connectivity index (χ3n) is 6.55. The van der Waals surface area contributed by atoms with Crippen LogP contribution >= 0.6 is 0 Å². The van der Waals surface area contributed by atoms with Crippen molar-refractivity contribution in [1.82, 2.24) is 4.90 Å². The Balaban J connectivity index is 1.49. The predicted molar refractivity (Wildman–Crippen MR) is 105 cm³/mol. The summed E-state index contributed by atoms with van der Waals surface area (Å²) < 4.78 is 10.1. The molecule has 28 heavy (non-hydrogen) atoms. The number of phenolic OH excluding ortho intramolecular Hbond substituents is 1. The lowest BCUT2D eigenvalue weighted by molar-refractivity contribution is -0.174. The molecule has 0 bridgehead atoms. The van der Waals surface area contributed by atoms with Crippen molar-refractivity contribution in [2.24, 2.45) is 16.7 Å². The Kier molecular flexibility index (Phi) is 5.60. The van der Waals surface area contributed by atoms with Gasteiger partial charge in [-0.1, -0.05) is 19.9 Å². The number of likely N-dealkylation sites (tertiary alicyclic amines) is 1. The van der Waals surface area contributed by atoms with Gasteiger partial charge in [0.25, 0.3) is 0 Å². The molecule has 1 N–H and O–H groups in total. The average molecular weight is 389 g/mol. The maximum absolute atomic E-state index is 12.7. The van der Waals surface area contributed by atoms with E-state index < -0.39 is 5.41 Å². The summed E-state index contributed by atoms with van der Waals surface area (Å²) in [5, 5.41) is 9.84. The number of fused-ring (bicyclic) bond motifs is 1. The minimum absolute atomic E-state index is 0.0690. The van der Waals surface area contributed by atoms with Gasteiger partial charge in [0, 0.05) is 19.5 Å². The van der Waals surface area contributed by atoms with E-state index in [0.29, 0.717) is 25.3 Å². The second-order valence-electron chi connectivity index (χ2n) is 8.85. The van der Waals surface area contributed by atoms with Gasteiger partial charge in [-0.2, -0.15) is 0 Å². The SMILES string of the molecule is COC(=O)[C@@]12CN(C(=O)CCCCc3ccc(OC)c(O)c3)C[C@@H]1C(C)(C)C2. The highest BCUT2D eigenvalue weighted by molar-refractivity contribution is 5.83. The number of ether oxygens (including phenoxy) is 2. The van der Waals surface area contributed by atoms with Gasteiger partial charge in [0.15, 0.2) is 11.5 Å². The van der Waals surface area contributed by atoms with Gasteiger partial charge < -0.3 is 19.5 Å². The fraction of sp³-hybridized carbons (Fsp3) is 0.636. The molecule has 1 heterocycles. The number of nitrogens with zero attached hydrogens (tertiary/aromatic N) is 1. The van der Waals surface area contributed by atoms with Crippen LogP contribution in [0.25, 0.3) is 0 Å². The predicted octanol–water partition coefficient (Wildman–Crippen LogP) is 3.16. The number of rotatable bonds is 7. The van der Waals surface area contributed by atoms with E-state index in [-0.39, 0.29) is 29.0 Å². The van der Waals surface area contributed by atoms with Gasteiger partial charge in [-0.3, -0.25) is 9.59 Å². The first kappa shape index (κ1) is 20.5. The minimum atomic E-state index is -0.505. The van der Waals surface area contributed by atoms with E-state index >= 15 is 0 Å². The summed E-state index contributed by atoms with van der Waals surface area (Å²) in [6, 6.07) is 5.39. The van der Waals surface area contributed by atoms with E-state index in [9.17, 15) is 14.7 Å². The molecule has 1 amide bonds. The lowest BCUT2D eigenvalue weighted by atomic mass is 9.48. The number of aryl methyl sites for hydroxylation is 1. The average Bonchev–Trinajstić information content (AvgIpc) is 3.00. The molecule has 1 aromatic rings. The second-order valence-corrected chi connectivity index (χ2v) is 8.85. The Labute approximate surface area is 166 Å². The first-order chi connectivity index (χ1) is 13.2. The van der Waals surface area contributed by atoms with E-state index in [1.54, 1.807) is 12.1 Å². The quantitative estimate of drug-likeness (QED) is 0.573. The van der Waals surface area contributed by atoms with Crippen molar-refractivity contribution in [2.45, 2.75) is 46.0 Å². The molecule has 1 aliphatic carbocycles. The normalized spacial score (nSPS) is 25.0.